The number of halogens is 3. The molecule has 2 rings (SSSR count). The van der Waals surface area contributed by atoms with Gasteiger partial charge in [0.2, 0.25) is 5.75 Å². The molecule has 0 aliphatic heterocycles. The van der Waals surface area contributed by atoms with Crippen LogP contribution in [0.1, 0.15) is 12.0 Å². The normalized spacial score (nSPS) is 12.0. The lowest BCUT2D eigenvalue weighted by molar-refractivity contribution is -0.385. The summed E-state index contributed by atoms with van der Waals surface area (Å²) in [5.41, 5.74) is -4.74. The van der Waals surface area contributed by atoms with Gasteiger partial charge >= 0.3 is 21.3 Å². The molecule has 0 N–H and O–H groups in total. The van der Waals surface area contributed by atoms with E-state index >= 15 is 0 Å². The summed E-state index contributed by atoms with van der Waals surface area (Å²) in [6.07, 6.45) is 1.49. The summed E-state index contributed by atoms with van der Waals surface area (Å²) < 4.78 is 73.6. The molecule has 30 heavy (non-hydrogen) atoms. The second-order valence-corrected chi connectivity index (χ2v) is 7.58. The number of aryl methyl sites for hydroxylation is 1. The molecular formula is C18H18F3NO7S. The highest BCUT2D eigenvalue weighted by Crippen LogP contribution is 2.36. The lowest BCUT2D eigenvalue weighted by Crippen LogP contribution is -2.28. The molecule has 0 saturated carbocycles. The van der Waals surface area contributed by atoms with E-state index in [0.29, 0.717) is 17.7 Å². The van der Waals surface area contributed by atoms with Crippen molar-refractivity contribution >= 4 is 15.8 Å². The van der Waals surface area contributed by atoms with Crippen LogP contribution < -0.4 is 4.18 Å². The van der Waals surface area contributed by atoms with Crippen molar-refractivity contribution in [2.75, 3.05) is 20.5 Å². The van der Waals surface area contributed by atoms with Crippen LogP contribution in [0.2, 0.25) is 0 Å². The number of nitrogens with zero attached hydrogens (tertiary/aromatic N) is 1. The molecule has 0 atom stereocenters. The van der Waals surface area contributed by atoms with Crippen molar-refractivity contribution in [3.8, 4) is 16.9 Å². The van der Waals surface area contributed by atoms with Gasteiger partial charge < -0.3 is 13.7 Å². The van der Waals surface area contributed by atoms with Crippen molar-refractivity contribution in [1.29, 1.82) is 0 Å². The van der Waals surface area contributed by atoms with Crippen LogP contribution in [0, 0.1) is 10.1 Å². The quantitative estimate of drug-likeness (QED) is 0.135. The Bertz CT molecular complexity index is 976. The van der Waals surface area contributed by atoms with Crippen LogP contribution in [0.15, 0.2) is 42.5 Å². The van der Waals surface area contributed by atoms with E-state index in [9.17, 15) is 31.7 Å². The van der Waals surface area contributed by atoms with Crippen molar-refractivity contribution in [2.45, 2.75) is 18.3 Å². The van der Waals surface area contributed by atoms with Gasteiger partial charge in [-0.15, -0.1) is 0 Å². The largest absolute Gasteiger partial charge is 0.534 e. The molecule has 164 valence electrons. The van der Waals surface area contributed by atoms with Crippen molar-refractivity contribution in [3.05, 3.63) is 58.1 Å². The van der Waals surface area contributed by atoms with E-state index in [1.807, 2.05) is 0 Å². The fourth-order valence-corrected chi connectivity index (χ4v) is 2.93. The number of rotatable bonds is 10. The zero-order valence-electron chi connectivity index (χ0n) is 15.7. The van der Waals surface area contributed by atoms with E-state index in [2.05, 4.69) is 4.18 Å². The van der Waals surface area contributed by atoms with Crippen LogP contribution in [0.5, 0.6) is 5.75 Å². The maximum Gasteiger partial charge on any atom is 0.534 e. The molecule has 2 aromatic rings. The Morgan fingerprint density at radius 1 is 1.07 bits per heavy atom. The Hall–Kier alpha value is -2.70. The number of benzene rings is 2. The van der Waals surface area contributed by atoms with Crippen LogP contribution in [-0.4, -0.2) is 39.4 Å². The Balaban J connectivity index is 2.19. The molecule has 0 heterocycles. The van der Waals surface area contributed by atoms with Crippen LogP contribution in [0.3, 0.4) is 0 Å². The van der Waals surface area contributed by atoms with E-state index in [0.717, 1.165) is 30.5 Å². The average molecular weight is 449 g/mol. The SMILES string of the molecule is COCOCCCc1ccc(-c2ccc(OS(=O)(=O)C(F)(F)F)c([N+](=O)[O-])c2)cc1. The number of alkyl halides is 3. The molecule has 0 bridgehead atoms. The highest BCUT2D eigenvalue weighted by Gasteiger charge is 2.49. The first-order valence-electron chi connectivity index (χ1n) is 8.50. The molecule has 0 aliphatic rings. The van der Waals surface area contributed by atoms with Crippen LogP contribution in [0.25, 0.3) is 11.1 Å². The smallest absolute Gasteiger partial charge is 0.369 e. The molecule has 0 aromatic heterocycles. The van der Waals surface area contributed by atoms with Crippen LogP contribution in [-0.2, 0) is 26.0 Å². The Morgan fingerprint density at radius 3 is 2.27 bits per heavy atom. The molecule has 0 saturated heterocycles. The van der Waals surface area contributed by atoms with Crippen LogP contribution in [0.4, 0.5) is 18.9 Å². The molecule has 0 radical (unpaired) electrons. The van der Waals surface area contributed by atoms with Crippen molar-refractivity contribution in [2.24, 2.45) is 0 Å². The third kappa shape index (κ3) is 6.15. The van der Waals surface area contributed by atoms with E-state index in [1.54, 1.807) is 24.3 Å². The maximum absolute atomic E-state index is 12.5. The number of hydrogen-bond donors (Lipinski definition) is 0. The zero-order valence-corrected chi connectivity index (χ0v) is 16.5. The summed E-state index contributed by atoms with van der Waals surface area (Å²) in [5.74, 6) is -1.02. The zero-order chi connectivity index (χ0) is 22.4. The fraction of sp³-hybridized carbons (Fsp3) is 0.333. The summed E-state index contributed by atoms with van der Waals surface area (Å²) in [6, 6.07) is 10.00. The standard InChI is InChI=1S/C18H18F3NO7S/c1-27-12-28-10-2-3-13-4-6-14(7-5-13)15-8-9-17(16(11-15)22(23)24)29-30(25,26)18(19,20)21/h4-9,11H,2-3,10,12H2,1H3. The second-order valence-electron chi connectivity index (χ2n) is 6.04. The molecule has 0 aliphatic carbocycles. The van der Waals surface area contributed by atoms with Crippen molar-refractivity contribution in [1.82, 2.24) is 0 Å². The lowest BCUT2D eigenvalue weighted by atomic mass is 10.0. The second kappa shape index (κ2) is 9.87. The topological polar surface area (TPSA) is 105 Å². The molecule has 0 unspecified atom stereocenters. The van der Waals surface area contributed by atoms with Gasteiger partial charge in [-0.2, -0.15) is 21.6 Å². The first-order valence-corrected chi connectivity index (χ1v) is 9.91. The Labute approximate surface area is 170 Å². The first kappa shape index (κ1) is 23.6. The molecule has 0 amide bonds. The molecule has 2 aromatic carbocycles. The number of methoxy groups -OCH3 is 1. The van der Waals surface area contributed by atoms with Gasteiger partial charge in [0.25, 0.3) is 0 Å². The average Bonchev–Trinajstić information content (AvgIpc) is 2.67. The molecule has 0 spiro atoms. The maximum atomic E-state index is 12.5. The van der Waals surface area contributed by atoms with Gasteiger partial charge in [0.15, 0.2) is 0 Å². The van der Waals surface area contributed by atoms with Gasteiger partial charge in [0.1, 0.15) is 6.79 Å². The van der Waals surface area contributed by atoms with E-state index in [1.165, 1.54) is 13.2 Å². The van der Waals surface area contributed by atoms with E-state index in [4.69, 9.17) is 9.47 Å². The molecule has 0 fully saturated rings. The first-order chi connectivity index (χ1) is 14.0. The van der Waals surface area contributed by atoms with Crippen molar-refractivity contribution in [3.63, 3.8) is 0 Å². The summed E-state index contributed by atoms with van der Waals surface area (Å²) >= 11 is 0. The minimum atomic E-state index is -6.03. The van der Waals surface area contributed by atoms with Gasteiger partial charge in [-0.3, -0.25) is 10.1 Å². The van der Waals surface area contributed by atoms with Gasteiger partial charge in [-0.1, -0.05) is 30.3 Å². The van der Waals surface area contributed by atoms with Gasteiger partial charge in [0.05, 0.1) is 4.92 Å². The molecule has 12 heteroatoms. The van der Waals surface area contributed by atoms with Gasteiger partial charge in [0, 0.05) is 19.8 Å². The minimum Gasteiger partial charge on any atom is -0.369 e. The monoisotopic (exact) mass is 449 g/mol. The van der Waals surface area contributed by atoms with E-state index < -0.39 is 32.0 Å². The third-order valence-corrected chi connectivity index (χ3v) is 4.85. The predicted octanol–water partition coefficient (Wildman–Crippen LogP) is 4.04. The van der Waals surface area contributed by atoms with Gasteiger partial charge in [-0.05, 0) is 35.6 Å². The minimum absolute atomic E-state index is 0.210. The van der Waals surface area contributed by atoms with Gasteiger partial charge in [-0.25, -0.2) is 0 Å². The number of ether oxygens (including phenoxy) is 2. The van der Waals surface area contributed by atoms with Crippen molar-refractivity contribution < 1.29 is 40.2 Å². The van der Waals surface area contributed by atoms with E-state index in [-0.39, 0.29) is 6.79 Å². The van der Waals surface area contributed by atoms with Crippen LogP contribution >= 0.6 is 0 Å². The summed E-state index contributed by atoms with van der Waals surface area (Å²) in [6.45, 7) is 0.728. The molecular weight excluding hydrogens is 431 g/mol. The highest BCUT2D eigenvalue weighted by molar-refractivity contribution is 7.88. The fourth-order valence-electron chi connectivity index (χ4n) is 2.46. The lowest BCUT2D eigenvalue weighted by Gasteiger charge is -2.11. The Kier molecular flexibility index (Phi) is 7.76. The highest BCUT2D eigenvalue weighted by atomic mass is 32.2. The third-order valence-electron chi connectivity index (χ3n) is 3.88. The summed E-state index contributed by atoms with van der Waals surface area (Å²) in [5, 5.41) is 11.2. The Morgan fingerprint density at radius 2 is 1.70 bits per heavy atom. The molecule has 8 nitrogen and oxygen atoms in total. The number of hydrogen-bond acceptors (Lipinski definition) is 7. The number of nitro groups is 1. The number of nitro benzene ring substituents is 1. The predicted molar refractivity (Wildman–Crippen MR) is 100 cm³/mol. The summed E-state index contributed by atoms with van der Waals surface area (Å²) in [4.78, 5) is 10.2. The summed E-state index contributed by atoms with van der Waals surface area (Å²) in [7, 11) is -4.50.